The van der Waals surface area contributed by atoms with Crippen LogP contribution >= 0.6 is 0 Å². The fourth-order valence-corrected chi connectivity index (χ4v) is 4.82. The monoisotopic (exact) mass is 374 g/mol. The van der Waals surface area contributed by atoms with Gasteiger partial charge in [0, 0.05) is 30.3 Å². The van der Waals surface area contributed by atoms with E-state index < -0.39 is 9.84 Å². The summed E-state index contributed by atoms with van der Waals surface area (Å²) in [6.07, 6.45) is 0.611. The van der Waals surface area contributed by atoms with Crippen LogP contribution in [-0.2, 0) is 9.84 Å². The zero-order chi connectivity index (χ0) is 18.9. The second kappa shape index (κ2) is 6.87. The first-order valence-corrected chi connectivity index (χ1v) is 10.6. The molecule has 0 bridgehead atoms. The molecule has 1 aliphatic rings. The van der Waals surface area contributed by atoms with E-state index in [2.05, 4.69) is 31.1 Å². The molecule has 140 valence electrons. The van der Waals surface area contributed by atoms with Gasteiger partial charge in [0.25, 0.3) is 0 Å². The van der Waals surface area contributed by atoms with Gasteiger partial charge in [-0.1, -0.05) is 30.3 Å². The van der Waals surface area contributed by atoms with Crippen molar-refractivity contribution in [3.63, 3.8) is 0 Å². The standard InChI is InChI=1S/C19H26N4O2S/c1-19(2,3)22-17-12-16(14-8-6-5-7-9-14)20-18(21-17)23(4)15-10-11-26(24,25)13-15/h5-9,12,15H,10-11,13H2,1-4H3,(H,20,21,22). The highest BCUT2D eigenvalue weighted by Gasteiger charge is 2.32. The van der Waals surface area contributed by atoms with E-state index >= 15 is 0 Å². The minimum absolute atomic E-state index is 0.0893. The predicted octanol–water partition coefficient (Wildman–Crippen LogP) is 2.98. The third-order valence-corrected chi connectivity index (χ3v) is 6.11. The number of hydrogen-bond donors (Lipinski definition) is 1. The molecule has 6 nitrogen and oxygen atoms in total. The summed E-state index contributed by atoms with van der Waals surface area (Å²) in [6, 6.07) is 11.8. The molecule has 7 heteroatoms. The van der Waals surface area contributed by atoms with Crippen LogP contribution in [0.4, 0.5) is 11.8 Å². The van der Waals surface area contributed by atoms with Crippen LogP contribution in [0, 0.1) is 0 Å². The molecule has 26 heavy (non-hydrogen) atoms. The summed E-state index contributed by atoms with van der Waals surface area (Å²) in [5.74, 6) is 1.66. The molecule has 1 N–H and O–H groups in total. The van der Waals surface area contributed by atoms with E-state index in [0.717, 1.165) is 17.1 Å². The molecule has 2 heterocycles. The van der Waals surface area contributed by atoms with Crippen molar-refractivity contribution in [2.24, 2.45) is 0 Å². The summed E-state index contributed by atoms with van der Waals surface area (Å²) < 4.78 is 23.7. The van der Waals surface area contributed by atoms with E-state index in [1.807, 2.05) is 48.3 Å². The molecular weight excluding hydrogens is 348 g/mol. The van der Waals surface area contributed by atoms with Gasteiger partial charge in [-0.2, -0.15) is 4.98 Å². The maximum absolute atomic E-state index is 11.8. The molecule has 1 aliphatic heterocycles. The Balaban J connectivity index is 1.99. The molecule has 3 rings (SSSR count). The lowest BCUT2D eigenvalue weighted by Crippen LogP contribution is -2.34. The summed E-state index contributed by atoms with van der Waals surface area (Å²) in [5, 5.41) is 3.40. The van der Waals surface area contributed by atoms with Crippen molar-refractivity contribution >= 4 is 21.6 Å². The lowest BCUT2D eigenvalue weighted by Gasteiger charge is -2.26. The summed E-state index contributed by atoms with van der Waals surface area (Å²) in [5.41, 5.74) is 1.67. The van der Waals surface area contributed by atoms with Crippen LogP contribution in [0.25, 0.3) is 11.3 Å². The lowest BCUT2D eigenvalue weighted by atomic mass is 10.1. The summed E-state index contributed by atoms with van der Waals surface area (Å²) in [7, 11) is -1.09. The Kier molecular flexibility index (Phi) is 4.92. The van der Waals surface area contributed by atoms with Crippen LogP contribution in [0.2, 0.25) is 0 Å². The minimum Gasteiger partial charge on any atom is -0.365 e. The molecule has 0 amide bonds. The molecule has 1 unspecified atom stereocenters. The molecule has 1 saturated heterocycles. The van der Waals surface area contributed by atoms with E-state index in [9.17, 15) is 8.42 Å². The van der Waals surface area contributed by atoms with Gasteiger partial charge in [-0.05, 0) is 27.2 Å². The van der Waals surface area contributed by atoms with Crippen LogP contribution in [0.5, 0.6) is 0 Å². The van der Waals surface area contributed by atoms with Crippen LogP contribution < -0.4 is 10.2 Å². The average molecular weight is 375 g/mol. The van der Waals surface area contributed by atoms with Crippen molar-refractivity contribution in [3.8, 4) is 11.3 Å². The number of aromatic nitrogens is 2. The van der Waals surface area contributed by atoms with Gasteiger partial charge in [-0.15, -0.1) is 0 Å². The highest BCUT2D eigenvalue weighted by Crippen LogP contribution is 2.27. The number of nitrogens with zero attached hydrogens (tertiary/aromatic N) is 3. The van der Waals surface area contributed by atoms with Crippen LogP contribution in [0.1, 0.15) is 27.2 Å². The third-order valence-electron chi connectivity index (χ3n) is 4.36. The van der Waals surface area contributed by atoms with Crippen LogP contribution in [0.15, 0.2) is 36.4 Å². The van der Waals surface area contributed by atoms with Gasteiger partial charge in [0.1, 0.15) is 5.82 Å². The van der Waals surface area contributed by atoms with E-state index in [1.54, 1.807) is 0 Å². The number of rotatable bonds is 4. The molecule has 0 saturated carbocycles. The van der Waals surface area contributed by atoms with E-state index in [1.165, 1.54) is 0 Å². The molecule has 0 spiro atoms. The largest absolute Gasteiger partial charge is 0.365 e. The zero-order valence-electron chi connectivity index (χ0n) is 15.7. The Labute approximate surface area is 155 Å². The topological polar surface area (TPSA) is 75.2 Å². The molecule has 1 aromatic carbocycles. The molecule has 0 radical (unpaired) electrons. The first-order chi connectivity index (χ1) is 12.1. The molecule has 0 aliphatic carbocycles. The van der Waals surface area contributed by atoms with Gasteiger partial charge in [-0.25, -0.2) is 13.4 Å². The SMILES string of the molecule is CN(c1nc(NC(C)(C)C)cc(-c2ccccc2)n1)C1CCS(=O)(=O)C1. The smallest absolute Gasteiger partial charge is 0.227 e. The predicted molar refractivity (Wildman–Crippen MR) is 106 cm³/mol. The number of benzene rings is 1. The number of hydrogen-bond acceptors (Lipinski definition) is 6. The van der Waals surface area contributed by atoms with Crippen molar-refractivity contribution in [1.29, 1.82) is 0 Å². The second-order valence-electron chi connectivity index (χ2n) is 7.85. The fourth-order valence-electron chi connectivity index (χ4n) is 3.04. The van der Waals surface area contributed by atoms with Crippen molar-refractivity contribution in [3.05, 3.63) is 36.4 Å². The maximum atomic E-state index is 11.8. The van der Waals surface area contributed by atoms with Crippen molar-refractivity contribution in [2.45, 2.75) is 38.8 Å². The summed E-state index contributed by atoms with van der Waals surface area (Å²) >= 11 is 0. The highest BCUT2D eigenvalue weighted by atomic mass is 32.2. The highest BCUT2D eigenvalue weighted by molar-refractivity contribution is 7.91. The summed E-state index contributed by atoms with van der Waals surface area (Å²) in [6.45, 7) is 6.22. The van der Waals surface area contributed by atoms with Gasteiger partial charge in [-0.3, -0.25) is 0 Å². The molecule has 1 aromatic heterocycles. The Hall–Kier alpha value is -2.15. The van der Waals surface area contributed by atoms with Gasteiger partial charge >= 0.3 is 0 Å². The zero-order valence-corrected chi connectivity index (χ0v) is 16.5. The number of nitrogens with one attached hydrogen (secondary N) is 1. The Morgan fingerprint density at radius 3 is 2.42 bits per heavy atom. The lowest BCUT2D eigenvalue weighted by molar-refractivity contribution is 0.600. The first-order valence-electron chi connectivity index (χ1n) is 8.79. The maximum Gasteiger partial charge on any atom is 0.227 e. The number of sulfone groups is 1. The van der Waals surface area contributed by atoms with Gasteiger partial charge in [0.05, 0.1) is 17.2 Å². The Morgan fingerprint density at radius 2 is 1.85 bits per heavy atom. The second-order valence-corrected chi connectivity index (χ2v) is 10.1. The van der Waals surface area contributed by atoms with E-state index in [0.29, 0.717) is 12.4 Å². The van der Waals surface area contributed by atoms with Crippen molar-refractivity contribution in [2.75, 3.05) is 28.8 Å². The molecular formula is C19H26N4O2S. The van der Waals surface area contributed by atoms with Crippen LogP contribution in [-0.4, -0.2) is 48.5 Å². The number of anilines is 2. The summed E-state index contributed by atoms with van der Waals surface area (Å²) in [4.78, 5) is 11.2. The van der Waals surface area contributed by atoms with E-state index in [4.69, 9.17) is 4.98 Å². The molecule has 1 atom stereocenters. The minimum atomic E-state index is -2.96. The van der Waals surface area contributed by atoms with Crippen LogP contribution in [0.3, 0.4) is 0 Å². The Morgan fingerprint density at radius 1 is 1.15 bits per heavy atom. The normalized spacial score (nSPS) is 19.3. The van der Waals surface area contributed by atoms with Gasteiger partial charge in [0.15, 0.2) is 9.84 Å². The molecule has 1 fully saturated rings. The van der Waals surface area contributed by atoms with E-state index in [-0.39, 0.29) is 23.1 Å². The van der Waals surface area contributed by atoms with Gasteiger partial charge in [0.2, 0.25) is 5.95 Å². The van der Waals surface area contributed by atoms with Crippen molar-refractivity contribution in [1.82, 2.24) is 9.97 Å². The van der Waals surface area contributed by atoms with Gasteiger partial charge < -0.3 is 10.2 Å². The first kappa shape index (κ1) is 18.6. The quantitative estimate of drug-likeness (QED) is 0.887. The molecule has 2 aromatic rings. The van der Waals surface area contributed by atoms with Crippen molar-refractivity contribution < 1.29 is 8.42 Å². The third kappa shape index (κ3) is 4.52. The average Bonchev–Trinajstić information content (AvgIpc) is 2.93. The Bertz CT molecular complexity index is 876. The fraction of sp³-hybridized carbons (Fsp3) is 0.474.